The van der Waals surface area contributed by atoms with Crippen LogP contribution >= 0.6 is 11.3 Å². The Bertz CT molecular complexity index is 1030. The van der Waals surface area contributed by atoms with Gasteiger partial charge in [-0.25, -0.2) is 0 Å². The highest BCUT2D eigenvalue weighted by molar-refractivity contribution is 7.12. The van der Waals surface area contributed by atoms with Gasteiger partial charge in [0.15, 0.2) is 11.4 Å². The van der Waals surface area contributed by atoms with Crippen LogP contribution < -0.4 is 9.64 Å². The number of para-hydroxylation sites is 1. The minimum Gasteiger partial charge on any atom is -0.492 e. The number of rotatable bonds is 7. The lowest BCUT2D eigenvalue weighted by Gasteiger charge is -2.22. The fourth-order valence-corrected chi connectivity index (χ4v) is 4.21. The Hall–Kier alpha value is -2.96. The Balaban J connectivity index is 1.52. The molecule has 0 fully saturated rings. The average Bonchev–Trinajstić information content (AvgIpc) is 3.33. The van der Waals surface area contributed by atoms with Crippen molar-refractivity contribution in [2.75, 3.05) is 18.1 Å². The van der Waals surface area contributed by atoms with E-state index in [4.69, 9.17) is 4.74 Å². The second-order valence-electron chi connectivity index (χ2n) is 7.07. The Morgan fingerprint density at radius 1 is 1.10 bits per heavy atom. The number of fused-ring (bicyclic) bond motifs is 1. The molecular weight excluding hydrogens is 386 g/mol. The third kappa shape index (κ3) is 3.69. The number of aryl methyl sites for hydroxylation is 1. The largest absolute Gasteiger partial charge is 0.492 e. The van der Waals surface area contributed by atoms with Crippen LogP contribution in [-0.2, 0) is 10.4 Å². The maximum atomic E-state index is 13.1. The maximum absolute atomic E-state index is 13.1. The van der Waals surface area contributed by atoms with E-state index in [2.05, 4.69) is 0 Å². The Morgan fingerprint density at radius 2 is 1.86 bits per heavy atom. The second-order valence-corrected chi connectivity index (χ2v) is 8.02. The predicted molar refractivity (Wildman–Crippen MR) is 113 cm³/mol. The summed E-state index contributed by atoms with van der Waals surface area (Å²) >= 11 is 1.30. The van der Waals surface area contributed by atoms with Crippen molar-refractivity contribution in [1.82, 2.24) is 0 Å². The van der Waals surface area contributed by atoms with Gasteiger partial charge in [0, 0.05) is 5.56 Å². The van der Waals surface area contributed by atoms with Crippen molar-refractivity contribution in [2.24, 2.45) is 0 Å². The third-order valence-electron chi connectivity index (χ3n) is 5.06. The molecule has 1 amide bonds. The van der Waals surface area contributed by atoms with Crippen LogP contribution in [0.5, 0.6) is 5.75 Å². The number of ketones is 1. The van der Waals surface area contributed by atoms with Crippen LogP contribution in [0.3, 0.4) is 0 Å². The molecule has 6 heteroatoms. The molecule has 0 spiro atoms. The number of aliphatic hydroxyl groups is 1. The van der Waals surface area contributed by atoms with Crippen LogP contribution in [0.1, 0.15) is 27.2 Å². The summed E-state index contributed by atoms with van der Waals surface area (Å²) in [4.78, 5) is 27.8. The summed E-state index contributed by atoms with van der Waals surface area (Å²) in [5, 5.41) is 13.1. The number of anilines is 1. The number of carbonyl (C=O) groups is 2. The van der Waals surface area contributed by atoms with Crippen LogP contribution in [-0.4, -0.2) is 29.9 Å². The molecule has 0 radical (unpaired) electrons. The molecule has 2 heterocycles. The third-order valence-corrected chi connectivity index (χ3v) is 5.97. The summed E-state index contributed by atoms with van der Waals surface area (Å²) < 4.78 is 5.75. The minimum absolute atomic E-state index is 0.247. The van der Waals surface area contributed by atoms with Crippen molar-refractivity contribution >= 4 is 28.7 Å². The molecule has 1 unspecified atom stereocenters. The zero-order valence-corrected chi connectivity index (χ0v) is 16.8. The number of amides is 1. The van der Waals surface area contributed by atoms with Crippen LogP contribution in [0.2, 0.25) is 0 Å². The highest BCUT2D eigenvalue weighted by Crippen LogP contribution is 2.42. The summed E-state index contributed by atoms with van der Waals surface area (Å²) in [5.74, 6) is -0.0156. The predicted octanol–water partition coefficient (Wildman–Crippen LogP) is 3.94. The molecule has 5 nitrogen and oxygen atoms in total. The molecule has 148 valence electrons. The lowest BCUT2D eigenvalue weighted by molar-refractivity contribution is -0.135. The van der Waals surface area contributed by atoms with E-state index >= 15 is 0 Å². The van der Waals surface area contributed by atoms with E-state index in [9.17, 15) is 14.7 Å². The molecule has 29 heavy (non-hydrogen) atoms. The van der Waals surface area contributed by atoms with Gasteiger partial charge in [0.2, 0.25) is 0 Å². The summed E-state index contributed by atoms with van der Waals surface area (Å²) in [7, 11) is 0. The lowest BCUT2D eigenvalue weighted by Crippen LogP contribution is -2.43. The first kappa shape index (κ1) is 19.4. The summed E-state index contributed by atoms with van der Waals surface area (Å²) in [5.41, 5.74) is 0.361. The second kappa shape index (κ2) is 7.81. The first-order valence-corrected chi connectivity index (χ1v) is 10.3. The lowest BCUT2D eigenvalue weighted by atomic mass is 9.89. The maximum Gasteiger partial charge on any atom is 0.264 e. The zero-order valence-electron chi connectivity index (χ0n) is 16.0. The number of nitrogens with zero attached hydrogens (tertiary/aromatic N) is 1. The van der Waals surface area contributed by atoms with E-state index < -0.39 is 11.5 Å². The number of Topliss-reactive ketones (excluding diaryl/α,β-unsaturated/α-hetero) is 1. The van der Waals surface area contributed by atoms with E-state index in [1.165, 1.54) is 16.2 Å². The van der Waals surface area contributed by atoms with Gasteiger partial charge in [-0.3, -0.25) is 9.59 Å². The van der Waals surface area contributed by atoms with Crippen LogP contribution in [0.4, 0.5) is 5.69 Å². The molecule has 3 aromatic rings. The molecule has 1 aliphatic rings. The van der Waals surface area contributed by atoms with Gasteiger partial charge in [0.1, 0.15) is 12.4 Å². The standard InChI is InChI=1S/C23H21NO4S/c1-16-8-10-17(11-9-16)28-13-12-24-19-6-3-2-5-18(19)23(27,22(24)26)15-20(25)21-7-4-14-29-21/h2-11,14,27H,12-13,15H2,1H3. The van der Waals surface area contributed by atoms with Crippen LogP contribution in [0.25, 0.3) is 0 Å². The van der Waals surface area contributed by atoms with Gasteiger partial charge in [-0.15, -0.1) is 11.3 Å². The van der Waals surface area contributed by atoms with Crippen molar-refractivity contribution in [3.63, 3.8) is 0 Å². The molecule has 2 aromatic carbocycles. The number of benzene rings is 2. The van der Waals surface area contributed by atoms with E-state index in [0.717, 1.165) is 11.3 Å². The average molecular weight is 407 g/mol. The van der Waals surface area contributed by atoms with Crippen molar-refractivity contribution in [1.29, 1.82) is 0 Å². The van der Waals surface area contributed by atoms with Gasteiger partial charge in [-0.2, -0.15) is 0 Å². The number of hydrogen-bond donors (Lipinski definition) is 1. The molecule has 1 N–H and O–H groups in total. The van der Waals surface area contributed by atoms with Crippen LogP contribution in [0, 0.1) is 6.92 Å². The Morgan fingerprint density at radius 3 is 2.59 bits per heavy atom. The molecular formula is C23H21NO4S. The van der Waals surface area contributed by atoms with Gasteiger partial charge >= 0.3 is 0 Å². The highest BCUT2D eigenvalue weighted by atomic mass is 32.1. The number of carbonyl (C=O) groups excluding carboxylic acids is 2. The first-order chi connectivity index (χ1) is 14.0. The fraction of sp³-hybridized carbons (Fsp3) is 0.217. The van der Waals surface area contributed by atoms with Crippen molar-refractivity contribution < 1.29 is 19.4 Å². The molecule has 0 saturated carbocycles. The van der Waals surface area contributed by atoms with Gasteiger partial charge < -0.3 is 14.7 Å². The fourth-order valence-electron chi connectivity index (χ4n) is 3.55. The molecule has 0 bridgehead atoms. The van der Waals surface area contributed by atoms with E-state index in [1.807, 2.05) is 37.3 Å². The molecule has 1 aliphatic heterocycles. The summed E-state index contributed by atoms with van der Waals surface area (Å²) in [6, 6.07) is 18.2. The Labute approximate surface area is 173 Å². The number of thiophene rings is 1. The van der Waals surface area contributed by atoms with Crippen LogP contribution in [0.15, 0.2) is 66.0 Å². The quantitative estimate of drug-likeness (QED) is 0.603. The summed E-state index contributed by atoms with van der Waals surface area (Å²) in [6.45, 7) is 2.55. The summed E-state index contributed by atoms with van der Waals surface area (Å²) in [6.07, 6.45) is -0.279. The molecule has 0 saturated heterocycles. The monoisotopic (exact) mass is 407 g/mol. The van der Waals surface area contributed by atoms with Gasteiger partial charge in [0.05, 0.1) is 23.5 Å². The smallest absolute Gasteiger partial charge is 0.264 e. The van der Waals surface area contributed by atoms with Crippen molar-refractivity contribution in [3.8, 4) is 5.75 Å². The highest BCUT2D eigenvalue weighted by Gasteiger charge is 2.50. The topological polar surface area (TPSA) is 66.8 Å². The number of hydrogen-bond acceptors (Lipinski definition) is 5. The number of ether oxygens (including phenoxy) is 1. The molecule has 0 aliphatic carbocycles. The van der Waals surface area contributed by atoms with Gasteiger partial charge in [0.25, 0.3) is 5.91 Å². The van der Waals surface area contributed by atoms with E-state index in [1.54, 1.807) is 35.7 Å². The Kier molecular flexibility index (Phi) is 5.22. The van der Waals surface area contributed by atoms with Crippen molar-refractivity contribution in [2.45, 2.75) is 18.9 Å². The first-order valence-electron chi connectivity index (χ1n) is 9.39. The molecule has 1 aromatic heterocycles. The molecule has 1 atom stereocenters. The zero-order chi connectivity index (χ0) is 20.4. The minimum atomic E-state index is -1.86. The normalized spacial score (nSPS) is 18.0. The molecule has 4 rings (SSSR count). The van der Waals surface area contributed by atoms with Gasteiger partial charge in [-0.05, 0) is 36.6 Å². The van der Waals surface area contributed by atoms with Crippen molar-refractivity contribution in [3.05, 3.63) is 82.0 Å². The SMILES string of the molecule is Cc1ccc(OCCN2C(=O)C(O)(CC(=O)c3cccs3)c3ccccc32)cc1. The van der Waals surface area contributed by atoms with E-state index in [-0.39, 0.29) is 25.4 Å². The van der Waals surface area contributed by atoms with E-state index in [0.29, 0.717) is 16.1 Å². The van der Waals surface area contributed by atoms with Gasteiger partial charge in [-0.1, -0.05) is 42.0 Å².